The highest BCUT2D eigenvalue weighted by Crippen LogP contribution is 2.11. The van der Waals surface area contributed by atoms with Crippen molar-refractivity contribution in [2.75, 3.05) is 7.11 Å². The molecule has 0 saturated heterocycles. The second-order valence-corrected chi connectivity index (χ2v) is 2.61. The lowest BCUT2D eigenvalue weighted by Gasteiger charge is -1.99. The van der Waals surface area contributed by atoms with Crippen molar-refractivity contribution in [2.45, 2.75) is 0 Å². The molecule has 1 N–H and O–H groups in total. The molecule has 2 heterocycles. The molecular weight excluding hydrogens is 168 g/mol. The molecule has 0 spiro atoms. The normalized spacial score (nSPS) is 10.2. The first-order valence-electron chi connectivity index (χ1n) is 3.84. The topological polar surface area (TPSA) is 55.0 Å². The Labute approximate surface area is 74.2 Å². The molecule has 0 radical (unpaired) electrons. The third-order valence-corrected chi connectivity index (χ3v) is 1.76. The Balaban J connectivity index is 2.73. The molecule has 0 atom stereocenters. The second-order valence-electron chi connectivity index (χ2n) is 2.61. The van der Waals surface area contributed by atoms with E-state index in [2.05, 4.69) is 9.97 Å². The van der Waals surface area contributed by atoms with E-state index < -0.39 is 0 Å². The van der Waals surface area contributed by atoms with Gasteiger partial charge in [0, 0.05) is 12.1 Å². The van der Waals surface area contributed by atoms with Crippen LogP contribution in [0.5, 0.6) is 5.88 Å². The van der Waals surface area contributed by atoms with Crippen molar-refractivity contribution in [1.82, 2.24) is 9.97 Å². The maximum absolute atomic E-state index is 10.9. The standard InChI is InChI=1S/C9H8N2O2/c1-13-9-5-3-6-7(11-9)2-4-8(12)10-6/h2-5H,1H3,(H,10,12). The number of methoxy groups -OCH3 is 1. The van der Waals surface area contributed by atoms with Gasteiger partial charge >= 0.3 is 0 Å². The smallest absolute Gasteiger partial charge is 0.248 e. The zero-order chi connectivity index (χ0) is 9.26. The molecule has 0 aliphatic rings. The van der Waals surface area contributed by atoms with Gasteiger partial charge in [0.05, 0.1) is 18.1 Å². The van der Waals surface area contributed by atoms with Gasteiger partial charge in [0.2, 0.25) is 11.4 Å². The largest absolute Gasteiger partial charge is 0.481 e. The molecule has 0 amide bonds. The van der Waals surface area contributed by atoms with Crippen LogP contribution < -0.4 is 10.3 Å². The Kier molecular flexibility index (Phi) is 1.73. The van der Waals surface area contributed by atoms with Crippen molar-refractivity contribution in [1.29, 1.82) is 0 Å². The highest BCUT2D eigenvalue weighted by atomic mass is 16.5. The summed E-state index contributed by atoms with van der Waals surface area (Å²) in [5, 5.41) is 0. The highest BCUT2D eigenvalue weighted by molar-refractivity contribution is 5.74. The van der Waals surface area contributed by atoms with Gasteiger partial charge in [0.15, 0.2) is 0 Å². The van der Waals surface area contributed by atoms with E-state index in [1.165, 1.54) is 6.07 Å². The summed E-state index contributed by atoms with van der Waals surface area (Å²) in [5.41, 5.74) is 1.31. The number of nitrogens with zero attached hydrogens (tertiary/aromatic N) is 1. The predicted octanol–water partition coefficient (Wildman–Crippen LogP) is 0.932. The summed E-state index contributed by atoms with van der Waals surface area (Å²) in [7, 11) is 1.56. The first-order chi connectivity index (χ1) is 6.29. The molecule has 0 unspecified atom stereocenters. The fraction of sp³-hybridized carbons (Fsp3) is 0.111. The van der Waals surface area contributed by atoms with Crippen molar-refractivity contribution < 1.29 is 4.74 Å². The summed E-state index contributed by atoms with van der Waals surface area (Å²) >= 11 is 0. The molecule has 2 aromatic rings. The van der Waals surface area contributed by atoms with Crippen LogP contribution in [0.2, 0.25) is 0 Å². The van der Waals surface area contributed by atoms with Crippen molar-refractivity contribution in [3.63, 3.8) is 0 Å². The van der Waals surface area contributed by atoms with Crippen LogP contribution in [0, 0.1) is 0 Å². The molecular formula is C9H8N2O2. The van der Waals surface area contributed by atoms with Gasteiger partial charge in [-0.05, 0) is 12.1 Å². The molecule has 66 valence electrons. The number of rotatable bonds is 1. The number of ether oxygens (including phenoxy) is 1. The number of aromatic nitrogens is 2. The second kappa shape index (κ2) is 2.90. The number of hydrogen-bond acceptors (Lipinski definition) is 3. The number of pyridine rings is 2. The van der Waals surface area contributed by atoms with Gasteiger partial charge in [0.25, 0.3) is 0 Å². The molecule has 2 aromatic heterocycles. The monoisotopic (exact) mass is 176 g/mol. The minimum absolute atomic E-state index is 0.125. The molecule has 4 nitrogen and oxygen atoms in total. The summed E-state index contributed by atoms with van der Waals surface area (Å²) in [6, 6.07) is 6.58. The Hall–Kier alpha value is -1.84. The zero-order valence-electron chi connectivity index (χ0n) is 7.07. The van der Waals surface area contributed by atoms with E-state index in [1.54, 1.807) is 25.3 Å². The van der Waals surface area contributed by atoms with Crippen LogP contribution in [0.25, 0.3) is 11.0 Å². The quantitative estimate of drug-likeness (QED) is 0.703. The molecule has 4 heteroatoms. The summed E-state index contributed by atoms with van der Waals surface area (Å²) < 4.78 is 4.95. The zero-order valence-corrected chi connectivity index (χ0v) is 7.07. The van der Waals surface area contributed by atoms with Crippen LogP contribution in [0.1, 0.15) is 0 Å². The Morgan fingerprint density at radius 2 is 2.15 bits per heavy atom. The van der Waals surface area contributed by atoms with Gasteiger partial charge in [-0.15, -0.1) is 0 Å². The molecule has 2 rings (SSSR count). The van der Waals surface area contributed by atoms with Crippen LogP contribution in [0.3, 0.4) is 0 Å². The van der Waals surface area contributed by atoms with Gasteiger partial charge in [-0.2, -0.15) is 0 Å². The number of fused-ring (bicyclic) bond motifs is 1. The van der Waals surface area contributed by atoms with Crippen molar-refractivity contribution in [3.05, 3.63) is 34.6 Å². The van der Waals surface area contributed by atoms with Crippen molar-refractivity contribution >= 4 is 11.0 Å². The van der Waals surface area contributed by atoms with Crippen molar-refractivity contribution in [3.8, 4) is 5.88 Å². The molecule has 0 fully saturated rings. The van der Waals surface area contributed by atoms with Gasteiger partial charge in [-0.25, -0.2) is 4.98 Å². The number of H-pyrrole nitrogens is 1. The van der Waals surface area contributed by atoms with Crippen LogP contribution in [0.4, 0.5) is 0 Å². The lowest BCUT2D eigenvalue weighted by atomic mass is 10.3. The van der Waals surface area contributed by atoms with Gasteiger partial charge < -0.3 is 9.72 Å². The first-order valence-corrected chi connectivity index (χ1v) is 3.84. The summed E-state index contributed by atoms with van der Waals surface area (Å²) in [4.78, 5) is 17.7. The predicted molar refractivity (Wildman–Crippen MR) is 48.9 cm³/mol. The van der Waals surface area contributed by atoms with Gasteiger partial charge in [0.1, 0.15) is 0 Å². The highest BCUT2D eigenvalue weighted by Gasteiger charge is 1.97. The fourth-order valence-electron chi connectivity index (χ4n) is 1.13. The van der Waals surface area contributed by atoms with E-state index in [0.29, 0.717) is 11.4 Å². The maximum atomic E-state index is 10.9. The number of nitrogens with one attached hydrogen (secondary N) is 1. The van der Waals surface area contributed by atoms with E-state index in [-0.39, 0.29) is 5.56 Å². The summed E-state index contributed by atoms with van der Waals surface area (Å²) in [6.45, 7) is 0. The summed E-state index contributed by atoms with van der Waals surface area (Å²) in [5.74, 6) is 0.541. The first kappa shape index (κ1) is 7.79. The molecule has 0 aliphatic carbocycles. The van der Waals surface area contributed by atoms with Crippen LogP contribution in [-0.2, 0) is 0 Å². The lowest BCUT2D eigenvalue weighted by molar-refractivity contribution is 0.399. The molecule has 0 bridgehead atoms. The molecule has 0 aliphatic heterocycles. The van der Waals surface area contributed by atoms with E-state index >= 15 is 0 Å². The number of hydrogen-bond donors (Lipinski definition) is 1. The van der Waals surface area contributed by atoms with E-state index in [9.17, 15) is 4.79 Å². The van der Waals surface area contributed by atoms with E-state index in [1.807, 2.05) is 0 Å². The Morgan fingerprint density at radius 1 is 1.31 bits per heavy atom. The molecule has 0 aromatic carbocycles. The van der Waals surface area contributed by atoms with E-state index in [4.69, 9.17) is 4.74 Å². The van der Waals surface area contributed by atoms with Crippen LogP contribution >= 0.6 is 0 Å². The van der Waals surface area contributed by atoms with E-state index in [0.717, 1.165) is 5.52 Å². The number of aromatic amines is 1. The minimum atomic E-state index is -0.125. The lowest BCUT2D eigenvalue weighted by Crippen LogP contribution is -2.03. The molecule has 0 saturated carbocycles. The summed E-state index contributed by atoms with van der Waals surface area (Å²) in [6.07, 6.45) is 0. The Morgan fingerprint density at radius 3 is 2.92 bits per heavy atom. The van der Waals surface area contributed by atoms with Crippen molar-refractivity contribution in [2.24, 2.45) is 0 Å². The SMILES string of the molecule is COc1ccc2[nH]c(=O)ccc2n1. The van der Waals surface area contributed by atoms with Crippen LogP contribution in [-0.4, -0.2) is 17.1 Å². The third-order valence-electron chi connectivity index (χ3n) is 1.76. The van der Waals surface area contributed by atoms with Gasteiger partial charge in [-0.1, -0.05) is 0 Å². The van der Waals surface area contributed by atoms with Gasteiger partial charge in [-0.3, -0.25) is 4.79 Å². The molecule has 13 heavy (non-hydrogen) atoms. The average Bonchev–Trinajstić information content (AvgIpc) is 2.17. The Bertz CT molecular complexity index is 490. The van der Waals surface area contributed by atoms with Crippen LogP contribution in [0.15, 0.2) is 29.1 Å². The maximum Gasteiger partial charge on any atom is 0.248 e. The third kappa shape index (κ3) is 1.38. The minimum Gasteiger partial charge on any atom is -0.481 e. The average molecular weight is 176 g/mol. The fourth-order valence-corrected chi connectivity index (χ4v) is 1.13.